The first-order valence-corrected chi connectivity index (χ1v) is 9.65. The lowest BCUT2D eigenvalue weighted by Gasteiger charge is -2.27. The number of hydrogen-bond acceptors (Lipinski definition) is 4. The predicted molar refractivity (Wildman–Crippen MR) is 90.1 cm³/mol. The number of nitrogens with one attached hydrogen (secondary N) is 1. The van der Waals surface area contributed by atoms with E-state index in [4.69, 9.17) is 4.74 Å². The van der Waals surface area contributed by atoms with Gasteiger partial charge in [0.15, 0.2) is 0 Å². The minimum absolute atomic E-state index is 0.0704. The smallest absolute Gasteiger partial charge is 0.256 e. The van der Waals surface area contributed by atoms with E-state index in [0.29, 0.717) is 44.0 Å². The number of rotatable bonds is 7. The molecule has 0 saturated carbocycles. The third kappa shape index (κ3) is 5.21. The molecule has 2 rings (SSSR count). The van der Waals surface area contributed by atoms with Crippen molar-refractivity contribution in [2.24, 2.45) is 0 Å². The number of hydrogen-bond donors (Lipinski definition) is 1. The van der Waals surface area contributed by atoms with Crippen LogP contribution in [0.25, 0.3) is 0 Å². The number of unbranched alkanes of at least 4 members (excludes halogenated alkanes) is 2. The maximum absolute atomic E-state index is 12.6. The number of ether oxygens (including phenoxy) is 1. The number of sulfonamides is 1. The number of anilines is 1. The second kappa shape index (κ2) is 8.31. The van der Waals surface area contributed by atoms with E-state index >= 15 is 0 Å². The SMILES string of the molecule is CCCCCS(=O)(=O)Nc1ccccc1C(=O)N1CCOCC1. The molecule has 128 valence electrons. The second-order valence-electron chi connectivity index (χ2n) is 5.58. The highest BCUT2D eigenvalue weighted by Crippen LogP contribution is 2.20. The summed E-state index contributed by atoms with van der Waals surface area (Å²) < 4.78 is 32.1. The van der Waals surface area contributed by atoms with Crippen LogP contribution in [0.1, 0.15) is 36.5 Å². The molecule has 1 heterocycles. The Bertz CT molecular complexity index is 625. The average molecular weight is 340 g/mol. The molecule has 1 N–H and O–H groups in total. The van der Waals surface area contributed by atoms with Gasteiger partial charge in [0.1, 0.15) is 0 Å². The van der Waals surface area contributed by atoms with Crippen LogP contribution in [0, 0.1) is 0 Å². The molecule has 1 fully saturated rings. The fourth-order valence-electron chi connectivity index (χ4n) is 2.46. The van der Waals surface area contributed by atoms with Gasteiger partial charge in [0.25, 0.3) is 5.91 Å². The summed E-state index contributed by atoms with van der Waals surface area (Å²) in [4.78, 5) is 14.3. The summed E-state index contributed by atoms with van der Waals surface area (Å²) in [6, 6.07) is 6.75. The Morgan fingerprint density at radius 2 is 1.91 bits per heavy atom. The molecular formula is C16H24N2O4S. The van der Waals surface area contributed by atoms with Gasteiger partial charge in [-0.15, -0.1) is 0 Å². The maximum atomic E-state index is 12.6. The zero-order valence-corrected chi connectivity index (χ0v) is 14.3. The highest BCUT2D eigenvalue weighted by Gasteiger charge is 2.22. The van der Waals surface area contributed by atoms with Crippen molar-refractivity contribution in [2.75, 3.05) is 36.8 Å². The van der Waals surface area contributed by atoms with E-state index in [9.17, 15) is 13.2 Å². The van der Waals surface area contributed by atoms with Gasteiger partial charge in [0, 0.05) is 13.1 Å². The minimum Gasteiger partial charge on any atom is -0.378 e. The third-order valence-electron chi connectivity index (χ3n) is 3.74. The lowest BCUT2D eigenvalue weighted by molar-refractivity contribution is 0.0303. The van der Waals surface area contributed by atoms with Crippen molar-refractivity contribution in [3.63, 3.8) is 0 Å². The highest BCUT2D eigenvalue weighted by atomic mass is 32.2. The van der Waals surface area contributed by atoms with Crippen LogP contribution >= 0.6 is 0 Å². The molecule has 0 unspecified atom stereocenters. The summed E-state index contributed by atoms with van der Waals surface area (Å²) in [5.74, 6) is -0.0962. The van der Waals surface area contributed by atoms with E-state index in [1.54, 1.807) is 29.2 Å². The predicted octanol–water partition coefficient (Wildman–Crippen LogP) is 2.09. The van der Waals surface area contributed by atoms with E-state index in [0.717, 1.165) is 12.8 Å². The molecule has 7 heteroatoms. The average Bonchev–Trinajstić information content (AvgIpc) is 2.55. The first-order chi connectivity index (χ1) is 11.0. The summed E-state index contributed by atoms with van der Waals surface area (Å²) >= 11 is 0. The third-order valence-corrected chi connectivity index (χ3v) is 5.09. The Hall–Kier alpha value is -1.60. The Balaban J connectivity index is 2.12. The van der Waals surface area contributed by atoms with Crippen molar-refractivity contribution in [2.45, 2.75) is 26.2 Å². The molecule has 0 radical (unpaired) electrons. The highest BCUT2D eigenvalue weighted by molar-refractivity contribution is 7.92. The number of carbonyl (C=O) groups is 1. The lowest BCUT2D eigenvalue weighted by Crippen LogP contribution is -2.41. The van der Waals surface area contributed by atoms with Gasteiger partial charge in [-0.25, -0.2) is 8.42 Å². The first kappa shape index (κ1) is 17.7. The molecular weight excluding hydrogens is 316 g/mol. The normalized spacial score (nSPS) is 15.4. The zero-order chi connectivity index (χ0) is 16.7. The van der Waals surface area contributed by atoms with E-state index < -0.39 is 10.0 Å². The quantitative estimate of drug-likeness (QED) is 0.771. The van der Waals surface area contributed by atoms with Crippen LogP contribution < -0.4 is 4.72 Å². The molecule has 0 aromatic heterocycles. The van der Waals surface area contributed by atoms with E-state index in [1.165, 1.54) is 0 Å². The Labute approximate surface area is 137 Å². The fraction of sp³-hybridized carbons (Fsp3) is 0.562. The van der Waals surface area contributed by atoms with E-state index in [1.807, 2.05) is 6.92 Å². The van der Waals surface area contributed by atoms with Crippen molar-refractivity contribution in [3.05, 3.63) is 29.8 Å². The maximum Gasteiger partial charge on any atom is 0.256 e. The summed E-state index contributed by atoms with van der Waals surface area (Å²) in [5.41, 5.74) is 0.731. The molecule has 1 aliphatic heterocycles. The van der Waals surface area contributed by atoms with Crippen LogP contribution in [0.2, 0.25) is 0 Å². The van der Waals surface area contributed by atoms with E-state index in [2.05, 4.69) is 4.72 Å². The molecule has 1 aromatic rings. The largest absolute Gasteiger partial charge is 0.378 e. The number of nitrogens with zero attached hydrogens (tertiary/aromatic N) is 1. The zero-order valence-electron chi connectivity index (χ0n) is 13.5. The molecule has 1 amide bonds. The van der Waals surface area contributed by atoms with Crippen LogP contribution in [0.4, 0.5) is 5.69 Å². The molecule has 1 aliphatic rings. The van der Waals surface area contributed by atoms with Crippen molar-refractivity contribution >= 4 is 21.6 Å². The summed E-state index contributed by atoms with van der Waals surface area (Å²) in [6.07, 6.45) is 2.45. The second-order valence-corrected chi connectivity index (χ2v) is 7.42. The monoisotopic (exact) mass is 340 g/mol. The molecule has 6 nitrogen and oxygen atoms in total. The molecule has 0 atom stereocenters. The number of carbonyl (C=O) groups excluding carboxylic acids is 1. The van der Waals surface area contributed by atoms with Crippen LogP contribution in [-0.4, -0.2) is 51.3 Å². The number of morpholine rings is 1. The van der Waals surface area contributed by atoms with Crippen LogP contribution in [0.5, 0.6) is 0 Å². The van der Waals surface area contributed by atoms with Crippen molar-refractivity contribution in [1.82, 2.24) is 4.90 Å². The molecule has 1 aromatic carbocycles. The van der Waals surface area contributed by atoms with Gasteiger partial charge < -0.3 is 9.64 Å². The van der Waals surface area contributed by atoms with Crippen molar-refractivity contribution in [3.8, 4) is 0 Å². The van der Waals surface area contributed by atoms with Crippen LogP contribution in [-0.2, 0) is 14.8 Å². The van der Waals surface area contributed by atoms with E-state index in [-0.39, 0.29) is 11.7 Å². The molecule has 1 saturated heterocycles. The number of para-hydroxylation sites is 1. The van der Waals surface area contributed by atoms with Crippen LogP contribution in [0.3, 0.4) is 0 Å². The summed E-state index contributed by atoms with van der Waals surface area (Å²) in [5, 5.41) is 0. The molecule has 23 heavy (non-hydrogen) atoms. The number of benzene rings is 1. The minimum atomic E-state index is -3.44. The van der Waals surface area contributed by atoms with Gasteiger partial charge in [0.2, 0.25) is 10.0 Å². The summed E-state index contributed by atoms with van der Waals surface area (Å²) in [7, 11) is -3.44. The first-order valence-electron chi connectivity index (χ1n) is 8.00. The Morgan fingerprint density at radius 3 is 2.61 bits per heavy atom. The Kier molecular flexibility index (Phi) is 6.41. The number of amides is 1. The van der Waals surface area contributed by atoms with Gasteiger partial charge in [-0.1, -0.05) is 31.9 Å². The van der Waals surface area contributed by atoms with Gasteiger partial charge in [-0.05, 0) is 18.6 Å². The van der Waals surface area contributed by atoms with Crippen molar-refractivity contribution in [1.29, 1.82) is 0 Å². The Morgan fingerprint density at radius 1 is 1.22 bits per heavy atom. The standard InChI is InChI=1S/C16H24N2O4S/c1-2-3-6-13-23(20,21)17-15-8-5-4-7-14(15)16(19)18-9-11-22-12-10-18/h4-5,7-8,17H,2-3,6,9-13H2,1H3. The van der Waals surface area contributed by atoms with Gasteiger partial charge in [0.05, 0.1) is 30.2 Å². The molecule has 0 aliphatic carbocycles. The van der Waals surface area contributed by atoms with Gasteiger partial charge in [-0.2, -0.15) is 0 Å². The topological polar surface area (TPSA) is 75.7 Å². The lowest BCUT2D eigenvalue weighted by atomic mass is 10.1. The van der Waals surface area contributed by atoms with Gasteiger partial charge in [-0.3, -0.25) is 9.52 Å². The molecule has 0 spiro atoms. The fourth-order valence-corrected chi connectivity index (χ4v) is 3.66. The van der Waals surface area contributed by atoms with Gasteiger partial charge >= 0.3 is 0 Å². The van der Waals surface area contributed by atoms with Crippen molar-refractivity contribution < 1.29 is 17.9 Å². The van der Waals surface area contributed by atoms with Crippen LogP contribution in [0.15, 0.2) is 24.3 Å². The molecule has 0 bridgehead atoms. The summed E-state index contributed by atoms with van der Waals surface area (Å²) in [6.45, 7) is 4.09.